The fourth-order valence-corrected chi connectivity index (χ4v) is 0.266. The van der Waals surface area contributed by atoms with E-state index in [1.807, 2.05) is 0 Å². The third kappa shape index (κ3) is 5.25. The Morgan fingerprint density at radius 2 is 2.00 bits per heavy atom. The van der Waals surface area contributed by atoms with Crippen molar-refractivity contribution in [3.8, 4) is 0 Å². The summed E-state index contributed by atoms with van der Waals surface area (Å²) in [7, 11) is 1.44. The van der Waals surface area contributed by atoms with Crippen molar-refractivity contribution in [3.63, 3.8) is 0 Å². The lowest BCUT2D eigenvalue weighted by Crippen LogP contribution is -2.44. The molecule has 0 aromatic heterocycles. The van der Waals surface area contributed by atoms with Gasteiger partial charge in [-0.3, -0.25) is 10.9 Å². The van der Waals surface area contributed by atoms with E-state index in [4.69, 9.17) is 5.73 Å². The molecule has 0 saturated heterocycles. The summed E-state index contributed by atoms with van der Waals surface area (Å²) in [4.78, 5) is 0. The lowest BCUT2D eigenvalue weighted by atomic mass is 11.1. The summed E-state index contributed by atoms with van der Waals surface area (Å²) in [6, 6.07) is 0. The number of nitrogens with one attached hydrogen (secondary N) is 2. The number of nitrogens with two attached hydrogens (primary N) is 1. The van der Waals surface area contributed by atoms with Gasteiger partial charge in [0.05, 0.1) is 7.11 Å². The van der Waals surface area contributed by atoms with Crippen LogP contribution in [-0.4, -0.2) is 17.4 Å². The minimum Gasteiger partial charge on any atom is -0.473 e. The van der Waals surface area contributed by atoms with Crippen LogP contribution >= 0.6 is 24.4 Å². The summed E-state index contributed by atoms with van der Waals surface area (Å²) in [5, 5.41) is 0.317. The van der Waals surface area contributed by atoms with Crippen LogP contribution in [-0.2, 0) is 4.74 Å². The molecule has 0 heterocycles. The fraction of sp³-hybridized carbons (Fsp3) is 0.333. The van der Waals surface area contributed by atoms with E-state index in [1.165, 1.54) is 7.11 Å². The van der Waals surface area contributed by atoms with E-state index in [9.17, 15) is 0 Å². The highest BCUT2D eigenvalue weighted by molar-refractivity contribution is 7.80. The highest BCUT2D eigenvalue weighted by Gasteiger charge is 1.89. The molecule has 0 bridgehead atoms. The van der Waals surface area contributed by atoms with E-state index in [0.29, 0.717) is 0 Å². The summed E-state index contributed by atoms with van der Waals surface area (Å²) in [5.41, 5.74) is 9.85. The van der Waals surface area contributed by atoms with Crippen LogP contribution in [0.25, 0.3) is 0 Å². The van der Waals surface area contributed by atoms with Gasteiger partial charge in [0.2, 0.25) is 0 Å². The molecule has 0 spiro atoms. The Hall–Kier alpha value is -0.620. The summed E-state index contributed by atoms with van der Waals surface area (Å²) >= 11 is 9.01. The van der Waals surface area contributed by atoms with E-state index in [-0.39, 0.29) is 10.3 Å². The summed E-state index contributed by atoms with van der Waals surface area (Å²) in [6.45, 7) is 0. The number of rotatable bonds is 0. The summed E-state index contributed by atoms with van der Waals surface area (Å²) in [6.07, 6.45) is 0. The van der Waals surface area contributed by atoms with Gasteiger partial charge in [-0.15, -0.1) is 0 Å². The van der Waals surface area contributed by atoms with Crippen molar-refractivity contribution in [3.05, 3.63) is 0 Å². The molecule has 0 aromatic rings. The SMILES string of the molecule is COC(=S)NNC(N)=S. The average Bonchev–Trinajstić information content (AvgIpc) is 1.83. The second-order valence-corrected chi connectivity index (χ2v) is 1.92. The van der Waals surface area contributed by atoms with E-state index in [0.717, 1.165) is 0 Å². The maximum absolute atomic E-state index is 5.04. The molecule has 0 fully saturated rings. The second-order valence-electron chi connectivity index (χ2n) is 1.11. The number of thiocarbonyl (C=S) groups is 2. The Bertz CT molecular complexity index is 126. The molecule has 0 aromatic carbocycles. The molecule has 9 heavy (non-hydrogen) atoms. The largest absolute Gasteiger partial charge is 0.473 e. The van der Waals surface area contributed by atoms with Gasteiger partial charge in [0, 0.05) is 0 Å². The van der Waals surface area contributed by atoms with E-state index >= 15 is 0 Å². The molecule has 0 radical (unpaired) electrons. The molecule has 6 heteroatoms. The van der Waals surface area contributed by atoms with Crippen molar-refractivity contribution < 1.29 is 4.74 Å². The predicted octanol–water partition coefficient (Wildman–Crippen LogP) is -0.745. The van der Waals surface area contributed by atoms with Gasteiger partial charge < -0.3 is 10.5 Å². The molecule has 0 aliphatic rings. The van der Waals surface area contributed by atoms with Crippen molar-refractivity contribution in [2.24, 2.45) is 5.73 Å². The quantitative estimate of drug-likeness (QED) is 0.324. The normalized spacial score (nSPS) is 7.67. The van der Waals surface area contributed by atoms with Gasteiger partial charge in [-0.1, -0.05) is 0 Å². The molecular weight excluding hydrogens is 158 g/mol. The number of hydrogen-bond acceptors (Lipinski definition) is 3. The van der Waals surface area contributed by atoms with Gasteiger partial charge in [0.25, 0.3) is 5.17 Å². The fourth-order valence-electron chi connectivity index (χ4n) is 0.164. The molecule has 4 nitrogen and oxygen atoms in total. The van der Waals surface area contributed by atoms with E-state index in [2.05, 4.69) is 40.0 Å². The van der Waals surface area contributed by atoms with Gasteiger partial charge in [-0.25, -0.2) is 0 Å². The molecule has 0 rings (SSSR count). The predicted molar refractivity (Wildman–Crippen MR) is 42.7 cm³/mol. The third-order valence-electron chi connectivity index (χ3n) is 0.473. The molecule has 52 valence electrons. The van der Waals surface area contributed by atoms with Gasteiger partial charge >= 0.3 is 0 Å². The van der Waals surface area contributed by atoms with Crippen molar-refractivity contribution in [2.75, 3.05) is 7.11 Å². The number of hydrogen-bond donors (Lipinski definition) is 3. The van der Waals surface area contributed by atoms with Crippen molar-refractivity contribution in [1.29, 1.82) is 0 Å². The second kappa shape index (κ2) is 4.28. The van der Waals surface area contributed by atoms with E-state index in [1.54, 1.807) is 0 Å². The van der Waals surface area contributed by atoms with Crippen LogP contribution < -0.4 is 16.6 Å². The third-order valence-corrected chi connectivity index (χ3v) is 0.844. The number of hydrazine groups is 1. The number of methoxy groups -OCH3 is 1. The maximum Gasteiger partial charge on any atom is 0.275 e. The van der Waals surface area contributed by atoms with Crippen LogP contribution in [0.2, 0.25) is 0 Å². The Morgan fingerprint density at radius 3 is 2.33 bits per heavy atom. The molecule has 0 aliphatic heterocycles. The Morgan fingerprint density at radius 1 is 1.44 bits per heavy atom. The van der Waals surface area contributed by atoms with Gasteiger partial charge in [0.15, 0.2) is 5.11 Å². The van der Waals surface area contributed by atoms with Crippen LogP contribution in [0.15, 0.2) is 0 Å². The monoisotopic (exact) mass is 165 g/mol. The van der Waals surface area contributed by atoms with Crippen molar-refractivity contribution >= 4 is 34.7 Å². The molecule has 0 atom stereocenters. The molecular formula is C3H7N3OS2. The highest BCUT2D eigenvalue weighted by atomic mass is 32.1. The average molecular weight is 165 g/mol. The first-order valence-corrected chi connectivity index (χ1v) is 2.88. The molecule has 0 saturated carbocycles. The smallest absolute Gasteiger partial charge is 0.275 e. The maximum atomic E-state index is 5.04. The minimum atomic E-state index is 0.120. The van der Waals surface area contributed by atoms with Crippen LogP contribution in [0.4, 0.5) is 0 Å². The Balaban J connectivity index is 3.28. The zero-order chi connectivity index (χ0) is 7.28. The highest BCUT2D eigenvalue weighted by Crippen LogP contribution is 1.66. The topological polar surface area (TPSA) is 59.3 Å². The molecule has 0 aliphatic carbocycles. The first kappa shape index (κ1) is 8.38. The van der Waals surface area contributed by atoms with Crippen LogP contribution in [0, 0.1) is 0 Å². The molecule has 0 amide bonds. The summed E-state index contributed by atoms with van der Waals surface area (Å²) < 4.78 is 4.54. The first-order chi connectivity index (χ1) is 4.16. The lowest BCUT2D eigenvalue weighted by Gasteiger charge is -2.05. The minimum absolute atomic E-state index is 0.120. The lowest BCUT2D eigenvalue weighted by molar-refractivity contribution is 0.389. The molecule has 4 N–H and O–H groups in total. The van der Waals surface area contributed by atoms with Gasteiger partial charge in [0.1, 0.15) is 0 Å². The standard InChI is InChI=1S/C3H7N3OS2/c1-7-3(9)6-5-2(4)8/h1H3,(H,6,9)(H3,4,5,8). The molecule has 0 unspecified atom stereocenters. The first-order valence-electron chi connectivity index (χ1n) is 2.06. The number of ether oxygens (including phenoxy) is 1. The Kier molecular flexibility index (Phi) is 3.98. The van der Waals surface area contributed by atoms with Gasteiger partial charge in [-0.2, -0.15) is 0 Å². The Labute approximate surface area is 63.7 Å². The van der Waals surface area contributed by atoms with Crippen LogP contribution in [0.1, 0.15) is 0 Å². The van der Waals surface area contributed by atoms with Gasteiger partial charge in [-0.05, 0) is 24.4 Å². The zero-order valence-corrected chi connectivity index (χ0v) is 6.44. The summed E-state index contributed by atoms with van der Waals surface area (Å²) in [5.74, 6) is 0. The van der Waals surface area contributed by atoms with Crippen molar-refractivity contribution in [2.45, 2.75) is 0 Å². The van der Waals surface area contributed by atoms with Crippen molar-refractivity contribution in [1.82, 2.24) is 10.9 Å². The van der Waals surface area contributed by atoms with Crippen LogP contribution in [0.5, 0.6) is 0 Å². The zero-order valence-electron chi connectivity index (χ0n) is 4.80. The van der Waals surface area contributed by atoms with E-state index < -0.39 is 0 Å². The van der Waals surface area contributed by atoms with Crippen LogP contribution in [0.3, 0.4) is 0 Å².